The molecule has 0 rings (SSSR count). The zero-order valence-electron chi connectivity index (χ0n) is 4.80. The van der Waals surface area contributed by atoms with Gasteiger partial charge in [-0.2, -0.15) is 0 Å². The molecular weight excluding hydrogens is 341 g/mol. The molecule has 0 aromatic rings. The Balaban J connectivity index is 0. The fraction of sp³-hybridized carbons (Fsp3) is 0. The molecule has 0 aromatic heterocycles. The monoisotopic (exact) mass is 355 g/mol. The maximum Gasteiger partial charge on any atom is 0 e. The van der Waals surface area contributed by atoms with Crippen molar-refractivity contribution in [2.24, 2.45) is 0 Å². The van der Waals surface area contributed by atoms with E-state index in [1.54, 1.807) is 0 Å². The van der Waals surface area contributed by atoms with E-state index in [1.165, 1.54) is 0 Å². The van der Waals surface area contributed by atoms with E-state index in [0.717, 1.165) is 0 Å². The molecule has 0 aliphatic carbocycles. The Bertz CT molecular complexity index is 13.0. The minimum absolute atomic E-state index is 0. The summed E-state index contributed by atoms with van der Waals surface area (Å²) in [6, 6.07) is 0. The smallest absolute Gasteiger partial charge is 0 e. The molecule has 6 nitrogen and oxygen atoms in total. The van der Waals surface area contributed by atoms with Gasteiger partial charge >= 0.3 is 0 Å². The molecule has 0 bridgehead atoms. The topological polar surface area (TPSA) is 189 Å². The van der Waals surface area contributed by atoms with E-state index in [9.17, 15) is 0 Å². The summed E-state index contributed by atoms with van der Waals surface area (Å²) in [7, 11) is 0. The normalized spacial score (nSPS) is 0. The van der Waals surface area contributed by atoms with E-state index in [-0.39, 0.29) is 106 Å². The standard InChI is InChI=1S/3ClH.La.6H2O/h3*1H;;6*1H2. The molecule has 0 aromatic carbocycles. The summed E-state index contributed by atoms with van der Waals surface area (Å²) in [5.41, 5.74) is 0. The van der Waals surface area contributed by atoms with E-state index < -0.39 is 0 Å². The second-order valence-corrected chi connectivity index (χ2v) is 0. The van der Waals surface area contributed by atoms with Crippen molar-refractivity contribution < 1.29 is 68.5 Å². The minimum Gasteiger partial charge on any atom is -0.412 e. The number of hydrogen-bond acceptors (Lipinski definition) is 0. The van der Waals surface area contributed by atoms with Crippen LogP contribution in [0.25, 0.3) is 0 Å². The molecule has 12 N–H and O–H groups in total. The van der Waals surface area contributed by atoms with E-state index in [2.05, 4.69) is 0 Å². The minimum atomic E-state index is 0. The summed E-state index contributed by atoms with van der Waals surface area (Å²) in [6.45, 7) is 0. The van der Waals surface area contributed by atoms with Crippen LogP contribution in [-0.4, -0.2) is 32.9 Å². The molecule has 0 spiro atoms. The Kier molecular flexibility index (Phi) is 13100. The summed E-state index contributed by atoms with van der Waals surface area (Å²) >= 11 is 0. The summed E-state index contributed by atoms with van der Waals surface area (Å²) in [5, 5.41) is 0. The van der Waals surface area contributed by atoms with Crippen molar-refractivity contribution in [2.45, 2.75) is 0 Å². The molecule has 75 valence electrons. The van der Waals surface area contributed by atoms with Crippen LogP contribution in [-0.2, 0) is 0 Å². The molecule has 10 heavy (non-hydrogen) atoms. The Morgan fingerprint density at radius 3 is 0.300 bits per heavy atom. The van der Waals surface area contributed by atoms with Gasteiger partial charge in [0.1, 0.15) is 0 Å². The molecule has 1 radical (unpaired) electrons. The molecule has 0 saturated carbocycles. The first-order chi connectivity index (χ1) is 0. The van der Waals surface area contributed by atoms with Gasteiger partial charge in [-0.1, -0.05) is 0 Å². The predicted octanol–water partition coefficient (Wildman–Crippen LogP) is -3.68. The average molecular weight is 356 g/mol. The van der Waals surface area contributed by atoms with Gasteiger partial charge in [0.25, 0.3) is 0 Å². The summed E-state index contributed by atoms with van der Waals surface area (Å²) in [4.78, 5) is 0. The van der Waals surface area contributed by atoms with Crippen LogP contribution in [0.4, 0.5) is 0 Å². The van der Waals surface area contributed by atoms with Gasteiger partial charge in [0.2, 0.25) is 0 Å². The van der Waals surface area contributed by atoms with Gasteiger partial charge in [0.05, 0.1) is 0 Å². The van der Waals surface area contributed by atoms with Crippen molar-refractivity contribution in [1.82, 2.24) is 0 Å². The molecule has 0 fully saturated rings. The van der Waals surface area contributed by atoms with Crippen LogP contribution in [0, 0.1) is 35.6 Å². The molecule has 0 aliphatic heterocycles. The van der Waals surface area contributed by atoms with E-state index in [4.69, 9.17) is 0 Å². The molecule has 0 saturated heterocycles. The third kappa shape index (κ3) is 230. The van der Waals surface area contributed by atoms with Crippen LogP contribution in [0.15, 0.2) is 0 Å². The van der Waals surface area contributed by atoms with Crippen molar-refractivity contribution in [1.29, 1.82) is 0 Å². The molecule has 10 heteroatoms. The van der Waals surface area contributed by atoms with Crippen molar-refractivity contribution in [3.05, 3.63) is 0 Å². The largest absolute Gasteiger partial charge is 0.412 e. The Morgan fingerprint density at radius 1 is 0.300 bits per heavy atom. The van der Waals surface area contributed by atoms with Crippen LogP contribution in [0.1, 0.15) is 0 Å². The third-order valence-corrected chi connectivity index (χ3v) is 0. The van der Waals surface area contributed by atoms with Crippen molar-refractivity contribution in [2.75, 3.05) is 0 Å². The Hall–Kier alpha value is 1.82. The summed E-state index contributed by atoms with van der Waals surface area (Å²) < 4.78 is 0. The SMILES string of the molecule is Cl.Cl.Cl.O.O.O.O.O.O.[La]. The van der Waals surface area contributed by atoms with Gasteiger partial charge in [-0.15, -0.1) is 37.2 Å². The van der Waals surface area contributed by atoms with Crippen LogP contribution in [0.5, 0.6) is 0 Å². The third-order valence-electron chi connectivity index (χ3n) is 0. The Labute approximate surface area is 105 Å². The second kappa shape index (κ2) is 314. The molecule has 0 amide bonds. The van der Waals surface area contributed by atoms with E-state index in [1.807, 2.05) is 0 Å². The van der Waals surface area contributed by atoms with Crippen LogP contribution < -0.4 is 0 Å². The van der Waals surface area contributed by atoms with Gasteiger partial charge in [-0.3, -0.25) is 0 Å². The van der Waals surface area contributed by atoms with Crippen LogP contribution >= 0.6 is 37.2 Å². The first-order valence-corrected chi connectivity index (χ1v) is 0. The van der Waals surface area contributed by atoms with Gasteiger partial charge in [0, 0.05) is 35.6 Å². The van der Waals surface area contributed by atoms with E-state index >= 15 is 0 Å². The van der Waals surface area contributed by atoms with Crippen LogP contribution in [0.2, 0.25) is 0 Å². The average Bonchev–Trinajstić information content (AvgIpc) is 0. The Morgan fingerprint density at radius 2 is 0.300 bits per heavy atom. The first-order valence-electron chi connectivity index (χ1n) is 0. The molecular formula is H15Cl3LaO6. The van der Waals surface area contributed by atoms with Gasteiger partial charge in [0.15, 0.2) is 0 Å². The zero-order chi connectivity index (χ0) is 0. The zero-order valence-corrected chi connectivity index (χ0v) is 10.9. The van der Waals surface area contributed by atoms with E-state index in [0.29, 0.717) is 0 Å². The molecule has 0 atom stereocenters. The van der Waals surface area contributed by atoms with Gasteiger partial charge in [-0.05, 0) is 0 Å². The van der Waals surface area contributed by atoms with Crippen LogP contribution in [0.3, 0.4) is 0 Å². The summed E-state index contributed by atoms with van der Waals surface area (Å²) in [5.74, 6) is 0. The second-order valence-electron chi connectivity index (χ2n) is 0. The van der Waals surface area contributed by atoms with Gasteiger partial charge < -0.3 is 32.9 Å². The van der Waals surface area contributed by atoms with Crippen molar-refractivity contribution in [3.63, 3.8) is 0 Å². The quantitative estimate of drug-likeness (QED) is 0.413. The maximum absolute atomic E-state index is 0. The fourth-order valence-electron chi connectivity index (χ4n) is 0. The molecule has 0 aliphatic rings. The predicted molar refractivity (Wildman–Crippen MR) is 43.4 cm³/mol. The molecule has 0 heterocycles. The molecule has 0 unspecified atom stereocenters. The number of hydrogen-bond donors (Lipinski definition) is 0. The van der Waals surface area contributed by atoms with Crippen molar-refractivity contribution in [3.8, 4) is 0 Å². The van der Waals surface area contributed by atoms with Crippen molar-refractivity contribution >= 4 is 37.2 Å². The summed E-state index contributed by atoms with van der Waals surface area (Å²) in [6.07, 6.45) is 0. The van der Waals surface area contributed by atoms with Gasteiger partial charge in [-0.25, -0.2) is 0 Å². The fourth-order valence-corrected chi connectivity index (χ4v) is 0. The number of rotatable bonds is 0. The first kappa shape index (κ1) is 416. The maximum atomic E-state index is 0. The number of halogens is 3.